The van der Waals surface area contributed by atoms with Crippen LogP contribution in [0, 0.1) is 0 Å². The highest BCUT2D eigenvalue weighted by Crippen LogP contribution is 2.39. The summed E-state index contributed by atoms with van der Waals surface area (Å²) in [5.74, 6) is 4.86. The van der Waals surface area contributed by atoms with Crippen LogP contribution in [0.3, 0.4) is 0 Å². The number of rotatable bonds is 10. The molecule has 0 saturated heterocycles. The maximum absolute atomic E-state index is 12.6. The highest BCUT2D eigenvalue weighted by molar-refractivity contribution is 7.89. The number of hydroxylamine groups is 1. The van der Waals surface area contributed by atoms with E-state index in [1.807, 2.05) is 0 Å². The molecule has 5 N–H and O–H groups in total. The molecule has 0 aliphatic carbocycles. The molecule has 0 radical (unpaired) electrons. The zero-order valence-electron chi connectivity index (χ0n) is 17.8. The average Bonchev–Trinajstić information content (AvgIpc) is 2.74. The Bertz CT molecular complexity index is 1230. The largest absolute Gasteiger partial charge is 0.504 e. The van der Waals surface area contributed by atoms with Crippen LogP contribution < -0.4 is 27.3 Å². The molecule has 0 fully saturated rings. The van der Waals surface area contributed by atoms with Gasteiger partial charge in [0.2, 0.25) is 0 Å². The molecule has 13 heteroatoms. The van der Waals surface area contributed by atoms with Crippen molar-refractivity contribution in [3.63, 3.8) is 0 Å². The molecule has 2 rings (SSSR count). The van der Waals surface area contributed by atoms with Gasteiger partial charge in [-0.05, 0) is 24.6 Å². The molecule has 11 nitrogen and oxygen atoms in total. The molecule has 0 spiro atoms. The highest BCUT2D eigenvalue weighted by Gasteiger charge is 2.31. The SMILES string of the molecule is C=C/C(=C\N(C)N)[C@@H](C)Nc1c(Nc2ccc(Cl)c(S(=O)(=O)N(C)OC)c2O)c(=O)c1=O. The number of phenolic OH excluding ortho intramolecular Hbond substituents is 1. The fraction of sp³-hybridized carbons (Fsp3) is 0.263. The second-order valence-corrected chi connectivity index (χ2v) is 9.05. The molecule has 0 bridgehead atoms. The van der Waals surface area contributed by atoms with Crippen LogP contribution in [0.1, 0.15) is 6.92 Å². The fourth-order valence-electron chi connectivity index (χ4n) is 2.78. The van der Waals surface area contributed by atoms with Crippen molar-refractivity contribution in [3.8, 4) is 5.75 Å². The van der Waals surface area contributed by atoms with E-state index >= 15 is 0 Å². The molecule has 0 aliphatic heterocycles. The van der Waals surface area contributed by atoms with Gasteiger partial charge in [0.15, 0.2) is 5.75 Å². The number of hydrazine groups is 1. The number of nitrogens with one attached hydrogen (secondary N) is 2. The summed E-state index contributed by atoms with van der Waals surface area (Å²) in [6, 6.07) is 2.04. The molecule has 0 heterocycles. The fourth-order valence-corrected chi connectivity index (χ4v) is 4.35. The summed E-state index contributed by atoms with van der Waals surface area (Å²) in [5.41, 5.74) is -1.31. The number of hydrogen-bond donors (Lipinski definition) is 4. The normalized spacial score (nSPS) is 13.3. The van der Waals surface area contributed by atoms with Crippen LogP contribution in [-0.4, -0.2) is 50.2 Å². The quantitative estimate of drug-likeness (QED) is 0.127. The smallest absolute Gasteiger partial charge is 0.269 e. The molecule has 2 aromatic carbocycles. The number of halogens is 1. The first-order valence-electron chi connectivity index (χ1n) is 9.09. The predicted molar refractivity (Wildman–Crippen MR) is 123 cm³/mol. The Morgan fingerprint density at radius 2 is 1.88 bits per heavy atom. The van der Waals surface area contributed by atoms with Crippen LogP contribution in [0.25, 0.3) is 0 Å². The third-order valence-electron chi connectivity index (χ3n) is 4.56. The van der Waals surface area contributed by atoms with Crippen molar-refractivity contribution in [1.82, 2.24) is 9.48 Å². The molecule has 32 heavy (non-hydrogen) atoms. The van der Waals surface area contributed by atoms with Gasteiger partial charge < -0.3 is 20.7 Å². The summed E-state index contributed by atoms with van der Waals surface area (Å²) in [4.78, 5) is 28.4. The van der Waals surface area contributed by atoms with Gasteiger partial charge in [0, 0.05) is 20.3 Å². The lowest BCUT2D eigenvalue weighted by molar-refractivity contribution is -0.0259. The highest BCUT2D eigenvalue weighted by atomic mass is 35.5. The van der Waals surface area contributed by atoms with E-state index in [0.29, 0.717) is 10.0 Å². The summed E-state index contributed by atoms with van der Waals surface area (Å²) < 4.78 is 25.7. The van der Waals surface area contributed by atoms with Crippen molar-refractivity contribution in [2.45, 2.75) is 17.9 Å². The lowest BCUT2D eigenvalue weighted by atomic mass is 10.1. The summed E-state index contributed by atoms with van der Waals surface area (Å²) in [5, 5.41) is 17.1. The molecule has 0 saturated carbocycles. The standard InChI is InChI=1S/C19H24ClN5O6S/c1-6-11(9-24(3)21)10(2)22-14-15(18(28)17(14)27)23-13-8-7-12(20)19(16(13)26)32(29,30)25(4)31-5/h6-10,22-23,26H,1,21H2,2-5H3/b11-9+/t10-/m1/s1. The van der Waals surface area contributed by atoms with E-state index in [4.69, 9.17) is 22.3 Å². The van der Waals surface area contributed by atoms with Gasteiger partial charge in [0.25, 0.3) is 20.9 Å². The van der Waals surface area contributed by atoms with Gasteiger partial charge in [-0.1, -0.05) is 28.7 Å². The van der Waals surface area contributed by atoms with Crippen LogP contribution in [0.5, 0.6) is 5.75 Å². The Hall–Kier alpha value is -2.90. The zero-order chi connectivity index (χ0) is 24.4. The molecule has 174 valence electrons. The number of anilines is 3. The van der Waals surface area contributed by atoms with Crippen LogP contribution >= 0.6 is 11.6 Å². The van der Waals surface area contributed by atoms with Crippen molar-refractivity contribution in [2.24, 2.45) is 5.84 Å². The average molecular weight is 486 g/mol. The van der Waals surface area contributed by atoms with E-state index in [9.17, 15) is 23.1 Å². The Morgan fingerprint density at radius 1 is 1.28 bits per heavy atom. The summed E-state index contributed by atoms with van der Waals surface area (Å²) in [7, 11) is -0.456. The van der Waals surface area contributed by atoms with E-state index in [1.54, 1.807) is 20.2 Å². The van der Waals surface area contributed by atoms with Gasteiger partial charge in [-0.15, -0.1) is 0 Å². The second-order valence-electron chi connectivity index (χ2n) is 6.77. The van der Waals surface area contributed by atoms with Crippen molar-refractivity contribution < 1.29 is 18.4 Å². The van der Waals surface area contributed by atoms with Gasteiger partial charge in [0.1, 0.15) is 16.3 Å². The minimum absolute atomic E-state index is 0.0392. The van der Waals surface area contributed by atoms with Crippen LogP contribution in [-0.2, 0) is 14.9 Å². The van der Waals surface area contributed by atoms with Gasteiger partial charge in [0.05, 0.1) is 23.9 Å². The number of nitrogens with two attached hydrogens (primary N) is 1. The van der Waals surface area contributed by atoms with Crippen molar-refractivity contribution >= 4 is 38.7 Å². The van der Waals surface area contributed by atoms with E-state index in [2.05, 4.69) is 17.2 Å². The topological polar surface area (TPSA) is 154 Å². The number of phenols is 1. The van der Waals surface area contributed by atoms with Crippen LogP contribution in [0.15, 0.2) is 51.0 Å². The number of hydrogen-bond acceptors (Lipinski definition) is 10. The first kappa shape index (κ1) is 25.4. The van der Waals surface area contributed by atoms with E-state index < -0.39 is 37.6 Å². The Balaban J connectivity index is 2.46. The minimum Gasteiger partial charge on any atom is -0.504 e. The molecule has 1 atom stereocenters. The molecule has 2 aromatic rings. The Kier molecular flexibility index (Phi) is 7.70. The minimum atomic E-state index is -4.31. The third kappa shape index (κ3) is 4.79. The second kappa shape index (κ2) is 9.71. The monoisotopic (exact) mass is 485 g/mol. The van der Waals surface area contributed by atoms with Gasteiger partial charge in [-0.25, -0.2) is 14.3 Å². The molecular weight excluding hydrogens is 462 g/mol. The summed E-state index contributed by atoms with van der Waals surface area (Å²) >= 11 is 5.99. The van der Waals surface area contributed by atoms with Crippen LogP contribution in [0.4, 0.5) is 17.1 Å². The van der Waals surface area contributed by atoms with Crippen molar-refractivity contribution in [2.75, 3.05) is 31.8 Å². The Morgan fingerprint density at radius 3 is 2.41 bits per heavy atom. The lowest BCUT2D eigenvalue weighted by Gasteiger charge is -2.22. The van der Waals surface area contributed by atoms with Crippen molar-refractivity contribution in [3.05, 3.63) is 62.0 Å². The van der Waals surface area contributed by atoms with E-state index in [1.165, 1.54) is 23.2 Å². The van der Waals surface area contributed by atoms with Crippen molar-refractivity contribution in [1.29, 1.82) is 0 Å². The number of aromatic hydroxyl groups is 1. The van der Waals surface area contributed by atoms with Gasteiger partial charge in [-0.2, -0.15) is 0 Å². The zero-order valence-corrected chi connectivity index (χ0v) is 19.4. The molecule has 0 unspecified atom stereocenters. The van der Waals surface area contributed by atoms with Gasteiger partial charge in [-0.3, -0.25) is 14.4 Å². The maximum Gasteiger partial charge on any atom is 0.269 e. The number of sulfonamides is 1. The molecule has 0 aromatic heterocycles. The maximum atomic E-state index is 12.6. The molecule has 0 aliphatic rings. The number of nitrogens with zero attached hydrogens (tertiary/aromatic N) is 2. The lowest BCUT2D eigenvalue weighted by Crippen LogP contribution is -2.39. The third-order valence-corrected chi connectivity index (χ3v) is 6.74. The molecule has 0 amide bonds. The van der Waals surface area contributed by atoms with E-state index in [0.717, 1.165) is 14.2 Å². The predicted octanol–water partition coefficient (Wildman–Crippen LogP) is 1.24. The first-order chi connectivity index (χ1) is 14.9. The number of benzene rings is 1. The van der Waals surface area contributed by atoms with E-state index in [-0.39, 0.29) is 22.1 Å². The van der Waals surface area contributed by atoms with Gasteiger partial charge >= 0.3 is 0 Å². The first-order valence-corrected chi connectivity index (χ1v) is 10.9. The summed E-state index contributed by atoms with van der Waals surface area (Å²) in [6.07, 6.45) is 3.12. The Labute approximate surface area is 190 Å². The van der Waals surface area contributed by atoms with Crippen LogP contribution in [0.2, 0.25) is 5.02 Å². The molecular formula is C19H24ClN5O6S. The summed E-state index contributed by atoms with van der Waals surface area (Å²) in [6.45, 7) is 5.41.